The van der Waals surface area contributed by atoms with Gasteiger partial charge in [0.2, 0.25) is 0 Å². The Hall–Kier alpha value is -2.91. The maximum Gasteiger partial charge on any atom is 0.258 e. The van der Waals surface area contributed by atoms with Gasteiger partial charge in [0.05, 0.1) is 6.54 Å². The summed E-state index contributed by atoms with van der Waals surface area (Å²) in [4.78, 5) is 0. The van der Waals surface area contributed by atoms with Crippen LogP contribution in [0.1, 0.15) is 11.1 Å². The van der Waals surface area contributed by atoms with E-state index in [-0.39, 0.29) is 0 Å². The van der Waals surface area contributed by atoms with Gasteiger partial charge in [0.15, 0.2) is 5.60 Å². The molecule has 2 nitrogen and oxygen atoms in total. The molecule has 1 N–H and O–H groups in total. The lowest BCUT2D eigenvalue weighted by Crippen LogP contribution is -2.31. The molecule has 1 saturated heterocycles. The van der Waals surface area contributed by atoms with E-state index in [0.717, 1.165) is 11.1 Å². The molecule has 0 radical (unpaired) electrons. The summed E-state index contributed by atoms with van der Waals surface area (Å²) >= 11 is 5.33. The summed E-state index contributed by atoms with van der Waals surface area (Å²) in [5.74, 6) is 0. The molecule has 0 aromatic heterocycles. The number of rotatable bonds is 2. The first-order chi connectivity index (χ1) is 12.7. The van der Waals surface area contributed by atoms with Gasteiger partial charge in [-0.3, -0.25) is 0 Å². The molecule has 0 saturated carbocycles. The van der Waals surface area contributed by atoms with E-state index in [2.05, 4.69) is 90.2 Å². The van der Waals surface area contributed by atoms with Gasteiger partial charge in [0, 0.05) is 11.1 Å². The summed E-state index contributed by atoms with van der Waals surface area (Å²) < 4.78 is 6.24. The Balaban J connectivity index is 1.73. The Morgan fingerprint density at radius 1 is 0.692 bits per heavy atom. The predicted molar refractivity (Wildman–Crippen MR) is 110 cm³/mol. The van der Waals surface area contributed by atoms with Crippen LogP contribution in [0.2, 0.25) is 0 Å². The average Bonchev–Trinajstić information content (AvgIpc) is 3.10. The van der Waals surface area contributed by atoms with Crippen LogP contribution in [0.25, 0.3) is 21.5 Å². The maximum atomic E-state index is 6.24. The monoisotopic (exact) mass is 355 g/mol. The van der Waals surface area contributed by atoms with Gasteiger partial charge in [-0.2, -0.15) is 0 Å². The molecule has 0 unspecified atom stereocenters. The molecule has 0 aliphatic carbocycles. The van der Waals surface area contributed by atoms with E-state index in [9.17, 15) is 0 Å². The predicted octanol–water partition coefficient (Wildman–Crippen LogP) is 5.14. The second kappa shape index (κ2) is 5.82. The summed E-state index contributed by atoms with van der Waals surface area (Å²) in [6, 6.07) is 29.8. The molecular weight excluding hydrogens is 338 g/mol. The van der Waals surface area contributed by atoms with Crippen molar-refractivity contribution in [2.45, 2.75) is 5.60 Å². The van der Waals surface area contributed by atoms with Crippen LogP contribution in [-0.2, 0) is 10.3 Å². The van der Waals surface area contributed by atoms with Crippen LogP contribution in [0.15, 0.2) is 84.9 Å². The van der Waals surface area contributed by atoms with E-state index >= 15 is 0 Å². The molecule has 0 spiro atoms. The number of benzene rings is 4. The number of ether oxygens (including phenoxy) is 1. The molecule has 4 aromatic rings. The molecule has 1 fully saturated rings. The first kappa shape index (κ1) is 15.4. The molecule has 1 aliphatic heterocycles. The van der Waals surface area contributed by atoms with Crippen LogP contribution in [0.4, 0.5) is 0 Å². The minimum absolute atomic E-state index is 0.450. The van der Waals surface area contributed by atoms with Crippen molar-refractivity contribution < 1.29 is 4.74 Å². The molecule has 0 bridgehead atoms. The molecule has 1 aliphatic rings. The van der Waals surface area contributed by atoms with Gasteiger partial charge in [-0.1, -0.05) is 72.8 Å². The van der Waals surface area contributed by atoms with Crippen LogP contribution in [0.3, 0.4) is 0 Å². The highest BCUT2D eigenvalue weighted by molar-refractivity contribution is 7.80. The van der Waals surface area contributed by atoms with Crippen molar-refractivity contribution in [1.82, 2.24) is 5.32 Å². The Labute approximate surface area is 157 Å². The van der Waals surface area contributed by atoms with E-state index in [0.29, 0.717) is 11.7 Å². The van der Waals surface area contributed by atoms with E-state index < -0.39 is 5.60 Å². The Morgan fingerprint density at radius 2 is 1.19 bits per heavy atom. The average molecular weight is 355 g/mol. The van der Waals surface area contributed by atoms with Gasteiger partial charge in [0.25, 0.3) is 5.17 Å². The Kier molecular flexibility index (Phi) is 3.44. The normalized spacial score (nSPS) is 15.8. The first-order valence-electron chi connectivity index (χ1n) is 8.70. The third-order valence-corrected chi connectivity index (χ3v) is 5.41. The second-order valence-corrected chi connectivity index (χ2v) is 7.06. The third-order valence-electron chi connectivity index (χ3n) is 5.18. The molecule has 4 aromatic carbocycles. The largest absolute Gasteiger partial charge is 0.453 e. The van der Waals surface area contributed by atoms with Gasteiger partial charge < -0.3 is 10.1 Å². The smallest absolute Gasteiger partial charge is 0.258 e. The molecule has 0 amide bonds. The van der Waals surface area contributed by atoms with Crippen molar-refractivity contribution in [3.05, 3.63) is 96.1 Å². The van der Waals surface area contributed by atoms with Gasteiger partial charge >= 0.3 is 0 Å². The van der Waals surface area contributed by atoms with Gasteiger partial charge in [0.1, 0.15) is 0 Å². The standard InChI is InChI=1S/C23H17NOS/c26-22-24-15-23(25-22,20-11-9-16-5-1-3-7-18(16)13-20)21-12-10-17-6-2-4-8-19(17)14-21/h1-14H,15H2,(H,24,26). The van der Waals surface area contributed by atoms with E-state index in [1.54, 1.807) is 0 Å². The summed E-state index contributed by atoms with van der Waals surface area (Å²) in [6.07, 6.45) is 0. The number of fused-ring (bicyclic) bond motifs is 2. The SMILES string of the molecule is S=C1NCC(c2ccc3ccccc3c2)(c2ccc3ccccc3c2)O1. The summed E-state index contributed by atoms with van der Waals surface area (Å²) in [5.41, 5.74) is 1.61. The lowest BCUT2D eigenvalue weighted by atomic mass is 9.84. The molecule has 3 heteroatoms. The zero-order valence-electron chi connectivity index (χ0n) is 14.1. The number of hydrogen-bond donors (Lipinski definition) is 1. The van der Waals surface area contributed by atoms with Crippen molar-refractivity contribution in [3.8, 4) is 0 Å². The van der Waals surface area contributed by atoms with E-state index in [1.165, 1.54) is 21.5 Å². The lowest BCUT2D eigenvalue weighted by molar-refractivity contribution is 0.142. The minimum Gasteiger partial charge on any atom is -0.453 e. The van der Waals surface area contributed by atoms with E-state index in [1.807, 2.05) is 0 Å². The molecular formula is C23H17NOS. The van der Waals surface area contributed by atoms with Crippen molar-refractivity contribution in [2.75, 3.05) is 6.54 Å². The van der Waals surface area contributed by atoms with Crippen molar-refractivity contribution in [1.29, 1.82) is 0 Å². The number of thiocarbonyl (C=S) groups is 1. The van der Waals surface area contributed by atoms with Gasteiger partial charge in [-0.25, -0.2) is 0 Å². The molecule has 1 heterocycles. The third kappa shape index (κ3) is 2.36. The number of hydrogen-bond acceptors (Lipinski definition) is 2. The molecule has 26 heavy (non-hydrogen) atoms. The van der Waals surface area contributed by atoms with Gasteiger partial charge in [-0.05, 0) is 45.9 Å². The van der Waals surface area contributed by atoms with Crippen molar-refractivity contribution in [2.24, 2.45) is 0 Å². The van der Waals surface area contributed by atoms with Crippen LogP contribution >= 0.6 is 12.2 Å². The molecule has 5 rings (SSSR count). The highest BCUT2D eigenvalue weighted by Gasteiger charge is 2.42. The van der Waals surface area contributed by atoms with Gasteiger partial charge in [-0.15, -0.1) is 0 Å². The fourth-order valence-electron chi connectivity index (χ4n) is 3.80. The highest BCUT2D eigenvalue weighted by atomic mass is 32.1. The first-order valence-corrected chi connectivity index (χ1v) is 9.11. The highest BCUT2D eigenvalue weighted by Crippen LogP contribution is 2.38. The fraction of sp³-hybridized carbons (Fsp3) is 0.0870. The maximum absolute atomic E-state index is 6.24. The van der Waals surface area contributed by atoms with Crippen LogP contribution < -0.4 is 5.32 Å². The van der Waals surface area contributed by atoms with Crippen LogP contribution in [0, 0.1) is 0 Å². The quantitative estimate of drug-likeness (QED) is 0.503. The topological polar surface area (TPSA) is 21.3 Å². The lowest BCUT2D eigenvalue weighted by Gasteiger charge is -2.29. The van der Waals surface area contributed by atoms with Crippen LogP contribution in [0.5, 0.6) is 0 Å². The minimum atomic E-state index is -0.606. The summed E-state index contributed by atoms with van der Waals surface area (Å²) in [5, 5.41) is 8.51. The fourth-order valence-corrected chi connectivity index (χ4v) is 4.01. The second-order valence-electron chi connectivity index (χ2n) is 6.69. The summed E-state index contributed by atoms with van der Waals surface area (Å²) in [6.45, 7) is 0.627. The Morgan fingerprint density at radius 3 is 1.65 bits per heavy atom. The molecule has 0 atom stereocenters. The van der Waals surface area contributed by atoms with Crippen molar-refractivity contribution >= 4 is 38.9 Å². The van der Waals surface area contributed by atoms with Crippen LogP contribution in [-0.4, -0.2) is 11.7 Å². The zero-order chi connectivity index (χ0) is 17.6. The number of nitrogens with one attached hydrogen (secondary N) is 1. The Bertz CT molecular complexity index is 1070. The molecule has 126 valence electrons. The zero-order valence-corrected chi connectivity index (χ0v) is 14.9. The summed E-state index contributed by atoms with van der Waals surface area (Å²) in [7, 11) is 0. The van der Waals surface area contributed by atoms with Crippen molar-refractivity contribution in [3.63, 3.8) is 0 Å². The van der Waals surface area contributed by atoms with E-state index in [4.69, 9.17) is 17.0 Å².